The van der Waals surface area contributed by atoms with Crippen LogP contribution in [0.25, 0.3) is 0 Å². The number of nitrogens with zero attached hydrogens (tertiary/aromatic N) is 2. The molecule has 0 saturated carbocycles. The quantitative estimate of drug-likeness (QED) is 0.735. The highest BCUT2D eigenvalue weighted by Gasteiger charge is 2.41. The fourth-order valence-electron chi connectivity index (χ4n) is 3.17. The molecule has 1 saturated heterocycles. The van der Waals surface area contributed by atoms with Crippen molar-refractivity contribution in [3.8, 4) is 0 Å². The van der Waals surface area contributed by atoms with Gasteiger partial charge in [-0.15, -0.1) is 0 Å². The van der Waals surface area contributed by atoms with Crippen LogP contribution in [-0.2, 0) is 12.8 Å². The molecule has 1 aromatic heterocycles. The molecular weight excluding hydrogens is 252 g/mol. The van der Waals surface area contributed by atoms with Gasteiger partial charge in [-0.3, -0.25) is 0 Å². The van der Waals surface area contributed by atoms with Crippen molar-refractivity contribution in [2.75, 3.05) is 13.1 Å². The minimum Gasteiger partial charge on any atom is -0.465 e. The molecular formula is C13H15ClN2O2. The average molecular weight is 267 g/mol. The number of rotatable bonds is 0. The van der Waals surface area contributed by atoms with E-state index in [0.717, 1.165) is 31.4 Å². The number of likely N-dealkylation sites (tertiary alicyclic amines) is 1. The molecule has 1 N–H and O–H groups in total. The highest BCUT2D eigenvalue weighted by atomic mass is 35.5. The molecule has 4 nitrogen and oxygen atoms in total. The lowest BCUT2D eigenvalue weighted by atomic mass is 9.76. The summed E-state index contributed by atoms with van der Waals surface area (Å²) in [6.45, 7) is 1.27. The fourth-order valence-corrected chi connectivity index (χ4v) is 3.33. The second-order valence-corrected chi connectivity index (χ2v) is 5.75. The van der Waals surface area contributed by atoms with Gasteiger partial charge in [0.25, 0.3) is 0 Å². The van der Waals surface area contributed by atoms with Crippen LogP contribution in [0.5, 0.6) is 0 Å². The highest BCUT2D eigenvalue weighted by Crippen LogP contribution is 2.44. The molecule has 0 aromatic carbocycles. The lowest BCUT2D eigenvalue weighted by molar-refractivity contribution is 0.0936. The van der Waals surface area contributed by atoms with Crippen molar-refractivity contribution in [3.05, 3.63) is 28.5 Å². The SMILES string of the molecule is O=C(O)N1CCC2(CC1)Cc1ccc(Cl)nc1C2. The Morgan fingerprint density at radius 3 is 2.72 bits per heavy atom. The zero-order valence-electron chi connectivity index (χ0n) is 10.0. The van der Waals surface area contributed by atoms with Gasteiger partial charge < -0.3 is 10.0 Å². The largest absolute Gasteiger partial charge is 0.465 e. The molecule has 0 bridgehead atoms. The Bertz CT molecular complexity index is 496. The van der Waals surface area contributed by atoms with Crippen molar-refractivity contribution in [3.63, 3.8) is 0 Å². The van der Waals surface area contributed by atoms with Crippen LogP contribution in [0.4, 0.5) is 4.79 Å². The molecule has 0 unspecified atom stereocenters. The van der Waals surface area contributed by atoms with Crippen molar-refractivity contribution in [1.82, 2.24) is 9.88 Å². The van der Waals surface area contributed by atoms with Gasteiger partial charge >= 0.3 is 6.09 Å². The number of hydrogen-bond acceptors (Lipinski definition) is 2. The number of piperidine rings is 1. The molecule has 2 aliphatic rings. The number of carboxylic acid groups (broad SMARTS) is 1. The van der Waals surface area contributed by atoms with E-state index in [1.54, 1.807) is 0 Å². The van der Waals surface area contributed by atoms with Crippen LogP contribution in [0.1, 0.15) is 24.1 Å². The van der Waals surface area contributed by atoms with Gasteiger partial charge in [-0.2, -0.15) is 0 Å². The Balaban J connectivity index is 1.76. The molecule has 1 aliphatic carbocycles. The van der Waals surface area contributed by atoms with Gasteiger partial charge in [0.05, 0.1) is 0 Å². The van der Waals surface area contributed by atoms with Crippen molar-refractivity contribution < 1.29 is 9.90 Å². The first-order chi connectivity index (χ1) is 8.58. The van der Waals surface area contributed by atoms with Gasteiger partial charge in [-0.1, -0.05) is 17.7 Å². The first kappa shape index (κ1) is 11.8. The van der Waals surface area contributed by atoms with Crippen LogP contribution >= 0.6 is 11.6 Å². The molecule has 1 amide bonds. The maximum absolute atomic E-state index is 10.9. The Morgan fingerprint density at radius 1 is 1.33 bits per heavy atom. The number of fused-ring (bicyclic) bond motifs is 1. The van der Waals surface area contributed by atoms with Crippen LogP contribution < -0.4 is 0 Å². The Hall–Kier alpha value is -1.29. The summed E-state index contributed by atoms with van der Waals surface area (Å²) in [6.07, 6.45) is 3.00. The average Bonchev–Trinajstić information content (AvgIpc) is 2.66. The lowest BCUT2D eigenvalue weighted by Crippen LogP contribution is -2.43. The third-order valence-electron chi connectivity index (χ3n) is 4.24. The van der Waals surface area contributed by atoms with Crippen molar-refractivity contribution >= 4 is 17.7 Å². The van der Waals surface area contributed by atoms with Crippen LogP contribution in [0.2, 0.25) is 5.15 Å². The molecule has 1 spiro atoms. The molecule has 0 atom stereocenters. The van der Waals surface area contributed by atoms with Gasteiger partial charge in [-0.25, -0.2) is 9.78 Å². The fraction of sp³-hybridized carbons (Fsp3) is 0.538. The minimum absolute atomic E-state index is 0.214. The predicted octanol–water partition coefficient (Wildman–Crippen LogP) is 2.59. The molecule has 5 heteroatoms. The molecule has 18 heavy (non-hydrogen) atoms. The molecule has 3 rings (SSSR count). The van der Waals surface area contributed by atoms with Gasteiger partial charge in [-0.05, 0) is 42.7 Å². The number of amides is 1. The van der Waals surface area contributed by atoms with Crippen molar-refractivity contribution in [2.24, 2.45) is 5.41 Å². The Labute approximate surface area is 111 Å². The second-order valence-electron chi connectivity index (χ2n) is 5.36. The number of aromatic nitrogens is 1. The summed E-state index contributed by atoms with van der Waals surface area (Å²) >= 11 is 5.92. The third-order valence-corrected chi connectivity index (χ3v) is 4.45. The van der Waals surface area contributed by atoms with Crippen LogP contribution in [-0.4, -0.2) is 34.2 Å². The second kappa shape index (κ2) is 4.12. The van der Waals surface area contributed by atoms with Gasteiger partial charge in [0.15, 0.2) is 0 Å². The van der Waals surface area contributed by atoms with E-state index in [9.17, 15) is 4.79 Å². The number of pyridine rings is 1. The van der Waals surface area contributed by atoms with E-state index >= 15 is 0 Å². The standard InChI is InChI=1S/C13H15ClN2O2/c14-11-2-1-9-7-13(8-10(9)15-11)3-5-16(6-4-13)12(17)18/h1-2H,3-8H2,(H,17,18). The van der Waals surface area contributed by atoms with Gasteiger partial charge in [0, 0.05) is 18.8 Å². The Kier molecular flexibility index (Phi) is 2.70. The predicted molar refractivity (Wildman–Crippen MR) is 67.9 cm³/mol. The van der Waals surface area contributed by atoms with Crippen LogP contribution in [0, 0.1) is 5.41 Å². The van der Waals surface area contributed by atoms with E-state index < -0.39 is 6.09 Å². The first-order valence-corrected chi connectivity index (χ1v) is 6.58. The van der Waals surface area contributed by atoms with E-state index in [2.05, 4.69) is 11.1 Å². The molecule has 96 valence electrons. The Morgan fingerprint density at radius 2 is 2.06 bits per heavy atom. The smallest absolute Gasteiger partial charge is 0.407 e. The molecule has 1 fully saturated rings. The van der Waals surface area contributed by atoms with Crippen molar-refractivity contribution in [1.29, 1.82) is 0 Å². The molecule has 0 radical (unpaired) electrons. The van der Waals surface area contributed by atoms with E-state index in [1.165, 1.54) is 10.5 Å². The molecule has 1 aliphatic heterocycles. The molecule has 2 heterocycles. The maximum atomic E-state index is 10.9. The summed E-state index contributed by atoms with van der Waals surface area (Å²) in [5.74, 6) is 0. The lowest BCUT2D eigenvalue weighted by Gasteiger charge is -2.37. The maximum Gasteiger partial charge on any atom is 0.407 e. The number of carbonyl (C=O) groups is 1. The van der Waals surface area contributed by atoms with Crippen LogP contribution in [0.3, 0.4) is 0 Å². The summed E-state index contributed by atoms with van der Waals surface area (Å²) in [6, 6.07) is 3.90. The summed E-state index contributed by atoms with van der Waals surface area (Å²) in [7, 11) is 0. The van der Waals surface area contributed by atoms with Gasteiger partial charge in [0.2, 0.25) is 0 Å². The highest BCUT2D eigenvalue weighted by molar-refractivity contribution is 6.29. The van der Waals surface area contributed by atoms with Crippen LogP contribution in [0.15, 0.2) is 12.1 Å². The molecule has 1 aromatic rings. The zero-order chi connectivity index (χ0) is 12.8. The summed E-state index contributed by atoms with van der Waals surface area (Å²) in [5.41, 5.74) is 2.60. The zero-order valence-corrected chi connectivity index (χ0v) is 10.8. The van der Waals surface area contributed by atoms with Crippen molar-refractivity contribution in [2.45, 2.75) is 25.7 Å². The minimum atomic E-state index is -0.804. The first-order valence-electron chi connectivity index (χ1n) is 6.20. The summed E-state index contributed by atoms with van der Waals surface area (Å²) < 4.78 is 0. The summed E-state index contributed by atoms with van der Waals surface area (Å²) in [5, 5.41) is 9.53. The monoisotopic (exact) mass is 266 g/mol. The topological polar surface area (TPSA) is 53.4 Å². The normalized spacial score (nSPS) is 21.1. The number of halogens is 1. The van der Waals surface area contributed by atoms with E-state index in [1.807, 2.05) is 6.07 Å². The third kappa shape index (κ3) is 1.94. The van der Waals surface area contributed by atoms with E-state index in [-0.39, 0.29) is 5.41 Å². The number of hydrogen-bond donors (Lipinski definition) is 1. The van der Waals surface area contributed by atoms with E-state index in [4.69, 9.17) is 16.7 Å². The van der Waals surface area contributed by atoms with E-state index in [0.29, 0.717) is 18.2 Å². The summed E-state index contributed by atoms with van der Waals surface area (Å²) in [4.78, 5) is 16.8. The van der Waals surface area contributed by atoms with Gasteiger partial charge in [0.1, 0.15) is 5.15 Å².